The van der Waals surface area contributed by atoms with E-state index in [0.29, 0.717) is 52.2 Å². The highest BCUT2D eigenvalue weighted by Crippen LogP contribution is 2.09. The Morgan fingerprint density at radius 1 is 1.07 bits per heavy atom. The number of hydrogen-bond acceptors (Lipinski definition) is 5. The van der Waals surface area contributed by atoms with E-state index in [9.17, 15) is 14.4 Å². The second kappa shape index (κ2) is 11.2. The van der Waals surface area contributed by atoms with Gasteiger partial charge in [0.1, 0.15) is 11.8 Å². The van der Waals surface area contributed by atoms with Crippen molar-refractivity contribution in [2.24, 2.45) is 0 Å². The van der Waals surface area contributed by atoms with Crippen molar-refractivity contribution in [3.63, 3.8) is 0 Å². The molecule has 154 valence electrons. The molecule has 1 saturated heterocycles. The first kappa shape index (κ1) is 21.5. The molecule has 1 atom stereocenters. The minimum Gasteiger partial charge on any atom is -0.494 e. The molecule has 28 heavy (non-hydrogen) atoms. The van der Waals surface area contributed by atoms with Crippen LogP contribution in [0.5, 0.6) is 5.75 Å². The Bertz CT molecular complexity index is 645. The smallest absolute Gasteiger partial charge is 0.409 e. The van der Waals surface area contributed by atoms with Crippen LogP contribution >= 0.6 is 0 Å². The lowest BCUT2D eigenvalue weighted by atomic mass is 10.2. The maximum absolute atomic E-state index is 12.5. The van der Waals surface area contributed by atoms with Gasteiger partial charge in [0.05, 0.1) is 13.2 Å². The van der Waals surface area contributed by atoms with Crippen molar-refractivity contribution in [1.29, 1.82) is 0 Å². The zero-order chi connectivity index (χ0) is 20.4. The molecule has 0 aliphatic carbocycles. The lowest BCUT2D eigenvalue weighted by Crippen LogP contribution is -2.55. The van der Waals surface area contributed by atoms with Crippen molar-refractivity contribution >= 4 is 17.9 Å². The number of carbonyl (C=O) groups is 3. The summed E-state index contributed by atoms with van der Waals surface area (Å²) in [7, 11) is 0. The van der Waals surface area contributed by atoms with Gasteiger partial charge in [-0.2, -0.15) is 0 Å². The fourth-order valence-electron chi connectivity index (χ4n) is 2.91. The Labute approximate surface area is 165 Å². The summed E-state index contributed by atoms with van der Waals surface area (Å²) in [5.41, 5.74) is 0. The molecule has 0 aromatic heterocycles. The number of benzene rings is 1. The normalized spacial score (nSPS) is 14.9. The Balaban J connectivity index is 1.64. The Hall–Kier alpha value is -2.77. The number of amides is 3. The number of hydrogen-bond donors (Lipinski definition) is 1. The van der Waals surface area contributed by atoms with E-state index in [1.54, 1.807) is 23.6 Å². The number of ether oxygens (including phenoxy) is 2. The van der Waals surface area contributed by atoms with Crippen LogP contribution in [0.2, 0.25) is 0 Å². The average Bonchev–Trinajstić information content (AvgIpc) is 2.71. The topological polar surface area (TPSA) is 88.2 Å². The molecule has 0 saturated carbocycles. The van der Waals surface area contributed by atoms with Crippen LogP contribution in [-0.2, 0) is 14.3 Å². The van der Waals surface area contributed by atoms with E-state index < -0.39 is 6.04 Å². The first-order chi connectivity index (χ1) is 13.5. The Morgan fingerprint density at radius 2 is 1.71 bits per heavy atom. The molecular weight excluding hydrogens is 362 g/mol. The van der Waals surface area contributed by atoms with E-state index in [-0.39, 0.29) is 17.9 Å². The summed E-state index contributed by atoms with van der Waals surface area (Å²) < 4.78 is 10.5. The van der Waals surface area contributed by atoms with Gasteiger partial charge in [0.2, 0.25) is 11.8 Å². The van der Waals surface area contributed by atoms with E-state index in [2.05, 4.69) is 5.32 Å². The van der Waals surface area contributed by atoms with Crippen LogP contribution in [0.3, 0.4) is 0 Å². The molecule has 1 aliphatic rings. The van der Waals surface area contributed by atoms with Gasteiger partial charge in [0.25, 0.3) is 0 Å². The average molecular weight is 391 g/mol. The van der Waals surface area contributed by atoms with Crippen molar-refractivity contribution in [2.45, 2.75) is 32.7 Å². The van der Waals surface area contributed by atoms with E-state index in [0.717, 1.165) is 5.75 Å². The van der Waals surface area contributed by atoms with Crippen LogP contribution in [0.1, 0.15) is 26.7 Å². The summed E-state index contributed by atoms with van der Waals surface area (Å²) in [4.78, 5) is 39.5. The molecule has 3 amide bonds. The predicted octanol–water partition coefficient (Wildman–Crippen LogP) is 1.65. The van der Waals surface area contributed by atoms with Crippen LogP contribution in [-0.4, -0.2) is 73.1 Å². The number of piperazine rings is 1. The fraction of sp³-hybridized carbons (Fsp3) is 0.550. The summed E-state index contributed by atoms with van der Waals surface area (Å²) >= 11 is 0. The molecule has 8 heteroatoms. The highest BCUT2D eigenvalue weighted by atomic mass is 16.6. The van der Waals surface area contributed by atoms with Crippen molar-refractivity contribution in [3.8, 4) is 5.75 Å². The molecule has 1 heterocycles. The van der Waals surface area contributed by atoms with E-state index >= 15 is 0 Å². The predicted molar refractivity (Wildman–Crippen MR) is 104 cm³/mol. The third-order valence-corrected chi connectivity index (χ3v) is 4.43. The summed E-state index contributed by atoms with van der Waals surface area (Å²) in [6.07, 6.45) is 0.509. The Morgan fingerprint density at radius 3 is 2.36 bits per heavy atom. The third-order valence-electron chi connectivity index (χ3n) is 4.43. The van der Waals surface area contributed by atoms with Crippen molar-refractivity contribution in [2.75, 3.05) is 39.4 Å². The minimum atomic E-state index is -0.600. The minimum absolute atomic E-state index is 0.141. The molecule has 2 rings (SSSR count). The van der Waals surface area contributed by atoms with Crippen LogP contribution < -0.4 is 10.1 Å². The molecule has 0 bridgehead atoms. The zero-order valence-corrected chi connectivity index (χ0v) is 16.6. The third kappa shape index (κ3) is 6.75. The van der Waals surface area contributed by atoms with E-state index in [4.69, 9.17) is 9.47 Å². The van der Waals surface area contributed by atoms with Crippen LogP contribution in [0.15, 0.2) is 30.3 Å². The highest BCUT2D eigenvalue weighted by molar-refractivity contribution is 5.87. The first-order valence-electron chi connectivity index (χ1n) is 9.69. The molecule has 1 aromatic rings. The summed E-state index contributed by atoms with van der Waals surface area (Å²) in [5, 5.41) is 2.74. The molecule has 1 N–H and O–H groups in total. The van der Waals surface area contributed by atoms with Gasteiger partial charge in [-0.1, -0.05) is 18.2 Å². The maximum atomic E-state index is 12.5. The van der Waals surface area contributed by atoms with Gasteiger partial charge in [0.15, 0.2) is 0 Å². The summed E-state index contributed by atoms with van der Waals surface area (Å²) in [6.45, 7) is 5.94. The van der Waals surface area contributed by atoms with Crippen LogP contribution in [0, 0.1) is 0 Å². The first-order valence-corrected chi connectivity index (χ1v) is 9.69. The lowest BCUT2D eigenvalue weighted by Gasteiger charge is -2.35. The number of nitrogens with one attached hydrogen (secondary N) is 1. The molecule has 0 unspecified atom stereocenters. The maximum Gasteiger partial charge on any atom is 0.409 e. The Kier molecular flexibility index (Phi) is 8.58. The molecule has 8 nitrogen and oxygen atoms in total. The molecule has 0 radical (unpaired) electrons. The standard InChI is InChI=1S/C20H29N3O5/c1-3-27-20(26)23-13-11-22(12-14-23)19(25)16(2)21-18(24)10-7-15-28-17-8-5-4-6-9-17/h4-6,8-9,16H,3,7,10-15H2,1-2H3,(H,21,24)/t16-/m1/s1. The number of carbonyl (C=O) groups excluding carboxylic acids is 3. The SMILES string of the molecule is CCOC(=O)N1CCN(C(=O)[C@@H](C)NC(=O)CCCOc2ccccc2)CC1. The zero-order valence-electron chi connectivity index (χ0n) is 16.6. The van der Waals surface area contributed by atoms with E-state index in [1.807, 2.05) is 30.3 Å². The molecular formula is C20H29N3O5. The van der Waals surface area contributed by atoms with Gasteiger partial charge in [-0.15, -0.1) is 0 Å². The van der Waals surface area contributed by atoms with Gasteiger partial charge >= 0.3 is 6.09 Å². The number of para-hydroxylation sites is 1. The second-order valence-electron chi connectivity index (χ2n) is 6.57. The summed E-state index contributed by atoms with van der Waals surface area (Å²) in [5.74, 6) is 0.452. The molecule has 1 aromatic carbocycles. The van der Waals surface area contributed by atoms with Gasteiger partial charge in [0, 0.05) is 32.6 Å². The van der Waals surface area contributed by atoms with Crippen molar-refractivity contribution in [3.05, 3.63) is 30.3 Å². The molecule has 0 spiro atoms. The van der Waals surface area contributed by atoms with Gasteiger partial charge in [-0.3, -0.25) is 9.59 Å². The van der Waals surface area contributed by atoms with Crippen LogP contribution in [0.4, 0.5) is 4.79 Å². The quantitative estimate of drug-likeness (QED) is 0.681. The lowest BCUT2D eigenvalue weighted by molar-refractivity contribution is -0.137. The van der Waals surface area contributed by atoms with Gasteiger partial charge in [-0.25, -0.2) is 4.79 Å². The number of nitrogens with zero attached hydrogens (tertiary/aromatic N) is 2. The fourth-order valence-corrected chi connectivity index (χ4v) is 2.91. The molecule has 1 aliphatic heterocycles. The van der Waals surface area contributed by atoms with Crippen LogP contribution in [0.25, 0.3) is 0 Å². The molecule has 1 fully saturated rings. The summed E-state index contributed by atoms with van der Waals surface area (Å²) in [6, 6.07) is 8.82. The van der Waals surface area contributed by atoms with E-state index in [1.165, 1.54) is 0 Å². The second-order valence-corrected chi connectivity index (χ2v) is 6.57. The van der Waals surface area contributed by atoms with Gasteiger partial charge < -0.3 is 24.6 Å². The van der Waals surface area contributed by atoms with Crippen molar-refractivity contribution in [1.82, 2.24) is 15.1 Å². The monoisotopic (exact) mass is 391 g/mol. The van der Waals surface area contributed by atoms with Gasteiger partial charge in [-0.05, 0) is 32.4 Å². The van der Waals surface area contributed by atoms with Crippen molar-refractivity contribution < 1.29 is 23.9 Å². The number of rotatable bonds is 8. The largest absolute Gasteiger partial charge is 0.494 e. The highest BCUT2D eigenvalue weighted by Gasteiger charge is 2.28.